The molecule has 0 bridgehead atoms. The first-order chi connectivity index (χ1) is 19.5. The zero-order chi connectivity index (χ0) is 28.2. The number of nitrogens with one attached hydrogen (secondary N) is 4. The number of ether oxygens (including phenoxy) is 1. The van der Waals surface area contributed by atoms with E-state index < -0.39 is 6.09 Å². The highest BCUT2D eigenvalue weighted by molar-refractivity contribution is 5.97. The minimum atomic E-state index is -0.450. The molecule has 1 aliphatic rings. The van der Waals surface area contributed by atoms with Gasteiger partial charge < -0.3 is 25.6 Å². The van der Waals surface area contributed by atoms with E-state index in [1.807, 2.05) is 61.5 Å². The molecule has 0 aliphatic carbocycles. The van der Waals surface area contributed by atoms with Crippen molar-refractivity contribution in [2.24, 2.45) is 0 Å². The summed E-state index contributed by atoms with van der Waals surface area (Å²) >= 11 is 0. The third-order valence-corrected chi connectivity index (χ3v) is 6.71. The van der Waals surface area contributed by atoms with Crippen LogP contribution in [0.4, 0.5) is 16.2 Å². The summed E-state index contributed by atoms with van der Waals surface area (Å²) in [5, 5.41) is 11.6. The zero-order valence-electron chi connectivity index (χ0n) is 22.8. The van der Waals surface area contributed by atoms with Crippen molar-refractivity contribution >= 4 is 29.3 Å². The highest BCUT2D eigenvalue weighted by atomic mass is 16.6. The van der Waals surface area contributed by atoms with Gasteiger partial charge >= 0.3 is 6.09 Å². The molecule has 4 rings (SSSR count). The Morgan fingerprint density at radius 1 is 0.900 bits per heavy atom. The van der Waals surface area contributed by atoms with Crippen LogP contribution in [0.2, 0.25) is 0 Å². The van der Waals surface area contributed by atoms with Gasteiger partial charge in [0.15, 0.2) is 0 Å². The number of benzene rings is 3. The van der Waals surface area contributed by atoms with E-state index >= 15 is 0 Å². The van der Waals surface area contributed by atoms with Gasteiger partial charge in [-0.3, -0.25) is 14.9 Å². The lowest BCUT2D eigenvalue weighted by Crippen LogP contribution is -2.42. The summed E-state index contributed by atoms with van der Waals surface area (Å²) < 4.78 is 5.71. The molecule has 210 valence electrons. The molecule has 0 unspecified atom stereocenters. The molecule has 0 atom stereocenters. The van der Waals surface area contributed by atoms with Crippen LogP contribution in [0.15, 0.2) is 78.9 Å². The second-order valence-electron chi connectivity index (χ2n) is 9.65. The quantitative estimate of drug-likeness (QED) is 0.286. The van der Waals surface area contributed by atoms with E-state index in [1.54, 1.807) is 24.3 Å². The Bertz CT molecular complexity index is 1280. The van der Waals surface area contributed by atoms with Gasteiger partial charge in [-0.1, -0.05) is 61.5 Å². The Balaban J connectivity index is 1.17. The molecule has 1 aliphatic heterocycles. The van der Waals surface area contributed by atoms with E-state index in [9.17, 15) is 14.4 Å². The largest absolute Gasteiger partial charge is 0.446 e. The first-order valence-electron chi connectivity index (χ1n) is 13.7. The summed E-state index contributed by atoms with van der Waals surface area (Å²) in [5.74, 6) is -0.338. The Kier molecular flexibility index (Phi) is 10.7. The van der Waals surface area contributed by atoms with Crippen LogP contribution in [-0.4, -0.2) is 68.2 Å². The minimum Gasteiger partial charge on any atom is -0.446 e. The van der Waals surface area contributed by atoms with E-state index in [0.29, 0.717) is 36.6 Å². The fourth-order valence-corrected chi connectivity index (χ4v) is 4.61. The molecule has 0 saturated carbocycles. The van der Waals surface area contributed by atoms with Crippen molar-refractivity contribution in [1.82, 2.24) is 15.5 Å². The van der Waals surface area contributed by atoms with Crippen LogP contribution in [0.25, 0.3) is 11.1 Å². The predicted molar refractivity (Wildman–Crippen MR) is 157 cm³/mol. The van der Waals surface area contributed by atoms with Gasteiger partial charge in [0.25, 0.3) is 5.91 Å². The third kappa shape index (κ3) is 8.65. The predicted octanol–water partition coefficient (Wildman–Crippen LogP) is 4.34. The van der Waals surface area contributed by atoms with Gasteiger partial charge in [0.1, 0.15) is 6.10 Å². The van der Waals surface area contributed by atoms with Crippen molar-refractivity contribution in [3.05, 3.63) is 84.4 Å². The number of carbonyl (C=O) groups is 3. The average molecular weight is 544 g/mol. The summed E-state index contributed by atoms with van der Waals surface area (Å²) in [7, 11) is 0. The lowest BCUT2D eigenvalue weighted by molar-refractivity contribution is -0.115. The first kappa shape index (κ1) is 28.8. The molecule has 1 fully saturated rings. The summed E-state index contributed by atoms with van der Waals surface area (Å²) in [5.41, 5.74) is 3.77. The van der Waals surface area contributed by atoms with Crippen LogP contribution in [0, 0.1) is 0 Å². The molecule has 1 heterocycles. The Morgan fingerprint density at radius 3 is 2.42 bits per heavy atom. The summed E-state index contributed by atoms with van der Waals surface area (Å²) in [6.07, 6.45) is 0.862. The summed E-state index contributed by atoms with van der Waals surface area (Å²) in [6.45, 7) is 5.62. The first-order valence-corrected chi connectivity index (χ1v) is 13.7. The SMILES string of the molecule is CCNCC(=O)Nc1cccc(C(=O)NCCN2CCC(OC(=O)Nc3ccccc3-c3ccccc3)CC2)c1. The van der Waals surface area contributed by atoms with E-state index in [4.69, 9.17) is 4.74 Å². The number of likely N-dealkylation sites (tertiary alicyclic amines) is 1. The van der Waals surface area contributed by atoms with E-state index in [-0.39, 0.29) is 24.5 Å². The fraction of sp³-hybridized carbons (Fsp3) is 0.323. The van der Waals surface area contributed by atoms with Gasteiger partial charge in [-0.2, -0.15) is 0 Å². The van der Waals surface area contributed by atoms with E-state index in [1.165, 1.54) is 0 Å². The maximum Gasteiger partial charge on any atom is 0.411 e. The molecule has 0 radical (unpaired) electrons. The minimum absolute atomic E-state index is 0.152. The van der Waals surface area contributed by atoms with Gasteiger partial charge in [0.05, 0.1) is 12.2 Å². The molecule has 3 aromatic rings. The molecule has 3 aromatic carbocycles. The Morgan fingerprint density at radius 2 is 1.65 bits per heavy atom. The van der Waals surface area contributed by atoms with E-state index in [0.717, 1.165) is 37.1 Å². The molecular formula is C31H37N5O4. The summed E-state index contributed by atoms with van der Waals surface area (Å²) in [4.78, 5) is 39.4. The Labute approximate surface area is 235 Å². The second-order valence-corrected chi connectivity index (χ2v) is 9.65. The lowest BCUT2D eigenvalue weighted by atomic mass is 10.0. The number of anilines is 2. The summed E-state index contributed by atoms with van der Waals surface area (Å²) in [6, 6.07) is 24.5. The van der Waals surface area contributed by atoms with Gasteiger partial charge in [0, 0.05) is 43.0 Å². The van der Waals surface area contributed by atoms with Gasteiger partial charge in [-0.25, -0.2) is 4.79 Å². The highest BCUT2D eigenvalue weighted by Crippen LogP contribution is 2.28. The number of para-hydroxylation sites is 1. The zero-order valence-corrected chi connectivity index (χ0v) is 22.8. The van der Waals surface area contributed by atoms with Gasteiger partial charge in [-0.05, 0) is 49.2 Å². The molecule has 4 N–H and O–H groups in total. The number of amides is 3. The average Bonchev–Trinajstić information content (AvgIpc) is 2.98. The standard InChI is InChI=1S/C31H37N5O4/c1-2-32-22-29(37)34-25-12-8-11-24(21-25)30(38)33-17-20-36-18-15-26(16-19-36)40-31(39)35-28-14-7-6-13-27(28)23-9-4-3-5-10-23/h3-14,21,26,32H,2,15-20,22H2,1H3,(H,33,38)(H,34,37)(H,35,39). The van der Waals surface area contributed by atoms with Crippen molar-refractivity contribution in [2.45, 2.75) is 25.9 Å². The Hall–Kier alpha value is -4.21. The number of carbonyl (C=O) groups excluding carboxylic acids is 3. The second kappa shape index (κ2) is 14.8. The number of piperidine rings is 1. The maximum atomic E-state index is 12.6. The van der Waals surface area contributed by atoms with Gasteiger partial charge in [-0.15, -0.1) is 0 Å². The van der Waals surface area contributed by atoms with Crippen LogP contribution in [0.5, 0.6) is 0 Å². The van der Waals surface area contributed by atoms with Crippen molar-refractivity contribution in [1.29, 1.82) is 0 Å². The molecule has 3 amide bonds. The molecular weight excluding hydrogens is 506 g/mol. The third-order valence-electron chi connectivity index (χ3n) is 6.71. The number of likely N-dealkylation sites (N-methyl/N-ethyl adjacent to an activating group) is 1. The van der Waals surface area contributed by atoms with Gasteiger partial charge in [0.2, 0.25) is 5.91 Å². The number of nitrogens with zero attached hydrogens (tertiary/aromatic N) is 1. The van der Waals surface area contributed by atoms with Crippen LogP contribution in [0.1, 0.15) is 30.1 Å². The number of hydrogen-bond donors (Lipinski definition) is 4. The molecule has 0 aromatic heterocycles. The molecule has 9 heteroatoms. The van der Waals surface area contributed by atoms with Crippen molar-refractivity contribution in [3.8, 4) is 11.1 Å². The fourth-order valence-electron chi connectivity index (χ4n) is 4.61. The number of rotatable bonds is 11. The molecule has 1 saturated heterocycles. The van der Waals surface area contributed by atoms with Crippen LogP contribution in [0.3, 0.4) is 0 Å². The van der Waals surface area contributed by atoms with Crippen molar-refractivity contribution in [3.63, 3.8) is 0 Å². The van der Waals surface area contributed by atoms with Crippen molar-refractivity contribution in [2.75, 3.05) is 49.9 Å². The maximum absolute atomic E-state index is 12.6. The highest BCUT2D eigenvalue weighted by Gasteiger charge is 2.23. The smallest absolute Gasteiger partial charge is 0.411 e. The molecule has 9 nitrogen and oxygen atoms in total. The van der Waals surface area contributed by atoms with Crippen LogP contribution >= 0.6 is 0 Å². The van der Waals surface area contributed by atoms with Crippen molar-refractivity contribution < 1.29 is 19.1 Å². The normalized spacial score (nSPS) is 13.8. The van der Waals surface area contributed by atoms with E-state index in [2.05, 4.69) is 26.2 Å². The topological polar surface area (TPSA) is 112 Å². The molecule has 0 spiro atoms. The lowest BCUT2D eigenvalue weighted by Gasteiger charge is -2.31. The molecule has 40 heavy (non-hydrogen) atoms. The monoisotopic (exact) mass is 543 g/mol. The van der Waals surface area contributed by atoms with Crippen LogP contribution in [-0.2, 0) is 9.53 Å². The number of hydrogen-bond acceptors (Lipinski definition) is 6. The van der Waals surface area contributed by atoms with Crippen LogP contribution < -0.4 is 21.3 Å².